The molecule has 2 rings (SSSR count). The summed E-state index contributed by atoms with van der Waals surface area (Å²) in [6.07, 6.45) is 2.05. The summed E-state index contributed by atoms with van der Waals surface area (Å²) in [5.41, 5.74) is 0.722. The Kier molecular flexibility index (Phi) is 2.96. The fourth-order valence-corrected chi connectivity index (χ4v) is 2.00. The minimum Gasteiger partial charge on any atom is -0.367 e. The van der Waals surface area contributed by atoms with Crippen LogP contribution >= 0.6 is 15.9 Å². The highest BCUT2D eigenvalue weighted by molar-refractivity contribution is 9.08. The molecular formula is C11H12BrF2N. The second-order valence-corrected chi connectivity index (χ2v) is 4.44. The van der Waals surface area contributed by atoms with Gasteiger partial charge in [-0.2, -0.15) is 0 Å². The number of alkyl halides is 1. The Bertz CT molecular complexity index is 354. The van der Waals surface area contributed by atoms with Crippen molar-refractivity contribution in [3.8, 4) is 0 Å². The number of rotatable bonds is 3. The Labute approximate surface area is 96.2 Å². The van der Waals surface area contributed by atoms with Crippen LogP contribution in [0.5, 0.6) is 0 Å². The van der Waals surface area contributed by atoms with Crippen molar-refractivity contribution in [1.82, 2.24) is 0 Å². The molecule has 1 aliphatic carbocycles. The smallest absolute Gasteiger partial charge is 0.149 e. The molecule has 0 bridgehead atoms. The van der Waals surface area contributed by atoms with E-state index in [-0.39, 0.29) is 5.69 Å². The van der Waals surface area contributed by atoms with Gasteiger partial charge in [0.1, 0.15) is 17.3 Å². The Morgan fingerprint density at radius 3 is 2.27 bits per heavy atom. The molecule has 0 spiro atoms. The molecule has 82 valence electrons. The molecule has 0 amide bonds. The van der Waals surface area contributed by atoms with Crippen molar-refractivity contribution >= 4 is 21.6 Å². The Morgan fingerprint density at radius 1 is 1.33 bits per heavy atom. The fraction of sp³-hybridized carbons (Fsp3) is 0.455. The number of halogens is 3. The summed E-state index contributed by atoms with van der Waals surface area (Å²) in [5.74, 6) is -0.947. The number of hydrogen-bond acceptors (Lipinski definition) is 1. The zero-order valence-corrected chi connectivity index (χ0v) is 10.0. The van der Waals surface area contributed by atoms with Gasteiger partial charge in [0.2, 0.25) is 0 Å². The van der Waals surface area contributed by atoms with E-state index in [0.717, 1.165) is 12.8 Å². The lowest BCUT2D eigenvalue weighted by molar-refractivity contribution is 0.574. The third-order valence-corrected chi connectivity index (χ3v) is 3.33. The predicted octanol–water partition coefficient (Wildman–Crippen LogP) is 3.46. The zero-order chi connectivity index (χ0) is 11.0. The Hall–Kier alpha value is -0.640. The van der Waals surface area contributed by atoms with Crippen molar-refractivity contribution in [1.29, 1.82) is 0 Å². The van der Waals surface area contributed by atoms with E-state index in [1.165, 1.54) is 12.1 Å². The maximum atomic E-state index is 13.6. The van der Waals surface area contributed by atoms with Gasteiger partial charge in [0, 0.05) is 18.4 Å². The van der Waals surface area contributed by atoms with Crippen LogP contribution in [0.1, 0.15) is 18.4 Å². The van der Waals surface area contributed by atoms with Crippen LogP contribution in [0.4, 0.5) is 14.5 Å². The number of hydrogen-bond donors (Lipinski definition) is 0. The van der Waals surface area contributed by atoms with Crippen molar-refractivity contribution < 1.29 is 8.78 Å². The third-order valence-electron chi connectivity index (χ3n) is 2.68. The second kappa shape index (κ2) is 4.08. The van der Waals surface area contributed by atoms with E-state index >= 15 is 0 Å². The molecule has 0 radical (unpaired) electrons. The van der Waals surface area contributed by atoms with E-state index in [1.54, 1.807) is 11.9 Å². The molecule has 0 aliphatic heterocycles. The van der Waals surface area contributed by atoms with Crippen LogP contribution in [0.25, 0.3) is 0 Å². The van der Waals surface area contributed by atoms with Crippen molar-refractivity contribution in [3.63, 3.8) is 0 Å². The van der Waals surface area contributed by atoms with E-state index in [2.05, 4.69) is 15.9 Å². The minimum absolute atomic E-state index is 0.0993. The first-order valence-corrected chi connectivity index (χ1v) is 6.02. The standard InChI is InChI=1S/C11H12BrF2N/c1-15(8-2-3-8)11-9(13)4-7(6-12)5-10(11)14/h4-5,8H,2-3,6H2,1H3. The second-order valence-electron chi connectivity index (χ2n) is 3.88. The normalized spacial score (nSPS) is 15.5. The molecular weight excluding hydrogens is 264 g/mol. The molecule has 0 atom stereocenters. The van der Waals surface area contributed by atoms with Gasteiger partial charge in [0.15, 0.2) is 0 Å². The highest BCUT2D eigenvalue weighted by Gasteiger charge is 2.29. The van der Waals surface area contributed by atoms with Gasteiger partial charge < -0.3 is 4.90 Å². The van der Waals surface area contributed by atoms with Gasteiger partial charge in [0.05, 0.1) is 0 Å². The topological polar surface area (TPSA) is 3.24 Å². The number of benzene rings is 1. The Morgan fingerprint density at radius 2 is 1.87 bits per heavy atom. The molecule has 1 aromatic carbocycles. The van der Waals surface area contributed by atoms with Gasteiger partial charge in [-0.3, -0.25) is 0 Å². The van der Waals surface area contributed by atoms with Gasteiger partial charge in [-0.05, 0) is 30.5 Å². The molecule has 4 heteroatoms. The van der Waals surface area contributed by atoms with Crippen LogP contribution in [-0.2, 0) is 5.33 Å². The summed E-state index contributed by atoms with van der Waals surface area (Å²) in [7, 11) is 1.74. The quantitative estimate of drug-likeness (QED) is 0.764. The molecule has 0 heterocycles. The summed E-state index contributed by atoms with van der Waals surface area (Å²) in [6, 6.07) is 3.07. The summed E-state index contributed by atoms with van der Waals surface area (Å²) in [6.45, 7) is 0. The van der Waals surface area contributed by atoms with Crippen LogP contribution in [-0.4, -0.2) is 13.1 Å². The lowest BCUT2D eigenvalue weighted by Gasteiger charge is -2.20. The minimum atomic E-state index is -0.473. The zero-order valence-electron chi connectivity index (χ0n) is 8.43. The first-order valence-electron chi connectivity index (χ1n) is 4.90. The SMILES string of the molecule is CN(c1c(F)cc(CBr)cc1F)C1CC1. The molecule has 1 saturated carbocycles. The average Bonchev–Trinajstić information content (AvgIpc) is 2.99. The summed E-state index contributed by atoms with van der Waals surface area (Å²) in [5, 5.41) is 0.467. The van der Waals surface area contributed by atoms with Crippen molar-refractivity contribution in [2.75, 3.05) is 11.9 Å². The fourth-order valence-electron chi connectivity index (χ4n) is 1.68. The van der Waals surface area contributed by atoms with Crippen LogP contribution in [0.2, 0.25) is 0 Å². The molecule has 1 nitrogen and oxygen atoms in total. The first kappa shape index (κ1) is 10.9. The van der Waals surface area contributed by atoms with Crippen LogP contribution < -0.4 is 4.90 Å². The highest BCUT2D eigenvalue weighted by Crippen LogP contribution is 2.34. The molecule has 0 saturated heterocycles. The van der Waals surface area contributed by atoms with E-state index in [4.69, 9.17) is 0 Å². The van der Waals surface area contributed by atoms with E-state index in [1.807, 2.05) is 0 Å². The third kappa shape index (κ3) is 2.14. The van der Waals surface area contributed by atoms with Crippen molar-refractivity contribution in [2.45, 2.75) is 24.2 Å². The molecule has 0 aromatic heterocycles. The largest absolute Gasteiger partial charge is 0.367 e. The van der Waals surface area contributed by atoms with Crippen molar-refractivity contribution in [2.24, 2.45) is 0 Å². The Balaban J connectivity index is 2.37. The van der Waals surface area contributed by atoms with Crippen molar-refractivity contribution in [3.05, 3.63) is 29.3 Å². The van der Waals surface area contributed by atoms with E-state index in [0.29, 0.717) is 16.9 Å². The lowest BCUT2D eigenvalue weighted by Crippen LogP contribution is -2.22. The first-order chi connectivity index (χ1) is 7.13. The maximum Gasteiger partial charge on any atom is 0.149 e. The van der Waals surface area contributed by atoms with Gasteiger partial charge in [-0.1, -0.05) is 15.9 Å². The highest BCUT2D eigenvalue weighted by atomic mass is 79.9. The number of nitrogens with zero attached hydrogens (tertiary/aromatic N) is 1. The maximum absolute atomic E-state index is 13.6. The molecule has 15 heavy (non-hydrogen) atoms. The van der Waals surface area contributed by atoms with Crippen LogP contribution in [0.15, 0.2) is 12.1 Å². The van der Waals surface area contributed by atoms with E-state index in [9.17, 15) is 8.78 Å². The summed E-state index contributed by atoms with van der Waals surface area (Å²) < 4.78 is 27.3. The molecule has 1 aromatic rings. The molecule has 0 unspecified atom stereocenters. The summed E-state index contributed by atoms with van der Waals surface area (Å²) >= 11 is 3.18. The summed E-state index contributed by atoms with van der Waals surface area (Å²) in [4.78, 5) is 1.70. The monoisotopic (exact) mass is 275 g/mol. The number of anilines is 1. The van der Waals surface area contributed by atoms with Gasteiger partial charge in [-0.15, -0.1) is 0 Å². The van der Waals surface area contributed by atoms with Crippen LogP contribution in [0, 0.1) is 11.6 Å². The van der Waals surface area contributed by atoms with E-state index < -0.39 is 11.6 Å². The van der Waals surface area contributed by atoms with Crippen LogP contribution in [0.3, 0.4) is 0 Å². The van der Waals surface area contributed by atoms with Gasteiger partial charge >= 0.3 is 0 Å². The van der Waals surface area contributed by atoms with Gasteiger partial charge in [0.25, 0.3) is 0 Å². The molecule has 0 N–H and O–H groups in total. The molecule has 1 aliphatic rings. The lowest BCUT2D eigenvalue weighted by atomic mass is 10.2. The van der Waals surface area contributed by atoms with Gasteiger partial charge in [-0.25, -0.2) is 8.78 Å². The molecule has 1 fully saturated rings. The average molecular weight is 276 g/mol. The predicted molar refractivity (Wildman–Crippen MR) is 60.4 cm³/mol.